The van der Waals surface area contributed by atoms with E-state index in [9.17, 15) is 0 Å². The number of anilines is 3. The van der Waals surface area contributed by atoms with E-state index in [-0.39, 0.29) is 0 Å². The van der Waals surface area contributed by atoms with E-state index in [0.717, 1.165) is 17.0 Å². The molecule has 2 N–H and O–H groups in total. The number of methoxy groups -OCH3 is 1. The van der Waals surface area contributed by atoms with Crippen molar-refractivity contribution < 1.29 is 4.74 Å². The SMILES string of the molecule is COc1ccc(CNc2nccc(Nc3ccc(Cl)c(Cl)c3)n2)cc1. The van der Waals surface area contributed by atoms with Gasteiger partial charge in [-0.25, -0.2) is 4.98 Å². The molecule has 0 aliphatic rings. The van der Waals surface area contributed by atoms with Crippen LogP contribution in [0.3, 0.4) is 0 Å². The fourth-order valence-corrected chi connectivity index (χ4v) is 2.46. The van der Waals surface area contributed by atoms with Crippen LogP contribution in [0.25, 0.3) is 0 Å². The van der Waals surface area contributed by atoms with Gasteiger partial charge in [0.2, 0.25) is 5.95 Å². The van der Waals surface area contributed by atoms with E-state index in [2.05, 4.69) is 20.6 Å². The molecule has 0 amide bonds. The molecule has 1 heterocycles. The monoisotopic (exact) mass is 374 g/mol. The molecular weight excluding hydrogens is 359 g/mol. The maximum absolute atomic E-state index is 6.02. The van der Waals surface area contributed by atoms with Gasteiger partial charge in [-0.2, -0.15) is 4.98 Å². The summed E-state index contributed by atoms with van der Waals surface area (Å²) in [5.41, 5.74) is 1.90. The number of hydrogen-bond donors (Lipinski definition) is 2. The first-order chi connectivity index (χ1) is 12.1. The molecule has 0 unspecified atom stereocenters. The number of rotatable bonds is 6. The number of halogens is 2. The van der Waals surface area contributed by atoms with E-state index in [1.54, 1.807) is 31.5 Å². The lowest BCUT2D eigenvalue weighted by molar-refractivity contribution is 0.414. The predicted molar refractivity (Wildman–Crippen MR) is 102 cm³/mol. The quantitative estimate of drug-likeness (QED) is 0.624. The summed E-state index contributed by atoms with van der Waals surface area (Å²) in [6.07, 6.45) is 1.68. The van der Waals surface area contributed by atoms with Gasteiger partial charge in [-0.15, -0.1) is 0 Å². The molecule has 0 saturated heterocycles. The smallest absolute Gasteiger partial charge is 0.224 e. The Morgan fingerprint density at radius 3 is 2.52 bits per heavy atom. The molecule has 1 aromatic heterocycles. The Labute approximate surface area is 156 Å². The van der Waals surface area contributed by atoms with Gasteiger partial charge < -0.3 is 15.4 Å². The minimum absolute atomic E-state index is 0.485. The molecule has 0 aliphatic heterocycles. The van der Waals surface area contributed by atoms with Gasteiger partial charge >= 0.3 is 0 Å². The lowest BCUT2D eigenvalue weighted by Gasteiger charge is -2.09. The lowest BCUT2D eigenvalue weighted by atomic mass is 10.2. The van der Waals surface area contributed by atoms with E-state index >= 15 is 0 Å². The van der Waals surface area contributed by atoms with Gasteiger partial charge in [-0.05, 0) is 42.0 Å². The van der Waals surface area contributed by atoms with Crippen molar-refractivity contribution in [2.24, 2.45) is 0 Å². The van der Waals surface area contributed by atoms with Gasteiger partial charge in [0.15, 0.2) is 0 Å². The Hall–Kier alpha value is -2.50. The number of benzene rings is 2. The molecule has 3 rings (SSSR count). The van der Waals surface area contributed by atoms with Crippen LogP contribution in [0.5, 0.6) is 5.75 Å². The normalized spacial score (nSPS) is 10.4. The highest BCUT2D eigenvalue weighted by molar-refractivity contribution is 6.42. The second kappa shape index (κ2) is 8.05. The van der Waals surface area contributed by atoms with Gasteiger partial charge in [0.25, 0.3) is 0 Å². The summed E-state index contributed by atoms with van der Waals surface area (Å²) in [6, 6.07) is 14.9. The zero-order valence-corrected chi connectivity index (χ0v) is 15.0. The molecule has 3 aromatic rings. The van der Waals surface area contributed by atoms with Crippen molar-refractivity contribution in [3.63, 3.8) is 0 Å². The first kappa shape index (κ1) is 17.3. The van der Waals surface area contributed by atoms with Crippen LogP contribution < -0.4 is 15.4 Å². The van der Waals surface area contributed by atoms with Crippen molar-refractivity contribution in [2.45, 2.75) is 6.54 Å². The number of ether oxygens (including phenoxy) is 1. The van der Waals surface area contributed by atoms with Gasteiger partial charge in [-0.3, -0.25) is 0 Å². The van der Waals surface area contributed by atoms with Crippen LogP contribution in [0.4, 0.5) is 17.5 Å². The number of hydrogen-bond acceptors (Lipinski definition) is 5. The van der Waals surface area contributed by atoms with Gasteiger partial charge in [-0.1, -0.05) is 35.3 Å². The van der Waals surface area contributed by atoms with Crippen LogP contribution in [0.15, 0.2) is 54.7 Å². The lowest BCUT2D eigenvalue weighted by Crippen LogP contribution is -2.05. The molecule has 0 bridgehead atoms. The second-order valence-corrected chi connectivity index (χ2v) is 6.04. The fourth-order valence-electron chi connectivity index (χ4n) is 2.16. The highest BCUT2D eigenvalue weighted by Gasteiger charge is 2.03. The fraction of sp³-hybridized carbons (Fsp3) is 0.111. The van der Waals surface area contributed by atoms with Crippen molar-refractivity contribution >= 4 is 40.7 Å². The maximum atomic E-state index is 6.02. The van der Waals surface area contributed by atoms with Gasteiger partial charge in [0, 0.05) is 18.4 Å². The first-order valence-corrected chi connectivity index (χ1v) is 8.31. The molecule has 0 fully saturated rings. The topological polar surface area (TPSA) is 59.1 Å². The summed E-state index contributed by atoms with van der Waals surface area (Å²) in [4.78, 5) is 8.66. The highest BCUT2D eigenvalue weighted by atomic mass is 35.5. The summed E-state index contributed by atoms with van der Waals surface area (Å²) >= 11 is 11.9. The van der Waals surface area contributed by atoms with Crippen LogP contribution in [0.2, 0.25) is 10.0 Å². The Bertz CT molecular complexity index is 856. The second-order valence-electron chi connectivity index (χ2n) is 5.22. The zero-order chi connectivity index (χ0) is 17.6. The number of nitrogens with one attached hydrogen (secondary N) is 2. The molecule has 5 nitrogen and oxygen atoms in total. The summed E-state index contributed by atoms with van der Waals surface area (Å²) in [7, 11) is 1.65. The summed E-state index contributed by atoms with van der Waals surface area (Å²) in [6.45, 7) is 0.611. The van der Waals surface area contributed by atoms with Crippen molar-refractivity contribution in [3.05, 3.63) is 70.3 Å². The highest BCUT2D eigenvalue weighted by Crippen LogP contribution is 2.26. The molecular formula is C18H16Cl2N4O. The summed E-state index contributed by atoms with van der Waals surface area (Å²) in [5, 5.41) is 7.37. The minimum atomic E-state index is 0.485. The number of aromatic nitrogens is 2. The van der Waals surface area contributed by atoms with E-state index in [0.29, 0.717) is 28.4 Å². The van der Waals surface area contributed by atoms with Gasteiger partial charge in [0.05, 0.1) is 17.2 Å². The molecule has 0 aliphatic carbocycles. The maximum Gasteiger partial charge on any atom is 0.224 e. The van der Waals surface area contributed by atoms with Crippen molar-refractivity contribution in [1.29, 1.82) is 0 Å². The molecule has 2 aromatic carbocycles. The molecule has 0 spiro atoms. The van der Waals surface area contributed by atoms with Crippen molar-refractivity contribution in [2.75, 3.05) is 17.7 Å². The third-order valence-electron chi connectivity index (χ3n) is 3.46. The van der Waals surface area contributed by atoms with Crippen LogP contribution in [0.1, 0.15) is 5.56 Å². The van der Waals surface area contributed by atoms with E-state index in [1.807, 2.05) is 30.3 Å². The Morgan fingerprint density at radius 2 is 1.80 bits per heavy atom. The molecule has 0 radical (unpaired) electrons. The summed E-state index contributed by atoms with van der Waals surface area (Å²) < 4.78 is 5.15. The number of nitrogens with zero attached hydrogens (tertiary/aromatic N) is 2. The van der Waals surface area contributed by atoms with Crippen LogP contribution in [-0.2, 0) is 6.54 Å². The molecule has 7 heteroatoms. The standard InChI is InChI=1S/C18H16Cl2N4O/c1-25-14-5-2-12(3-6-14)11-22-18-21-9-8-17(24-18)23-13-4-7-15(19)16(20)10-13/h2-10H,11H2,1H3,(H2,21,22,23,24). The summed E-state index contributed by atoms with van der Waals surface area (Å²) in [5.74, 6) is 2.01. The molecule has 128 valence electrons. The predicted octanol–water partition coefficient (Wildman–Crippen LogP) is 5.15. The molecule has 0 atom stereocenters. The van der Waals surface area contributed by atoms with Gasteiger partial charge in [0.1, 0.15) is 11.6 Å². The molecule has 25 heavy (non-hydrogen) atoms. The van der Waals surface area contributed by atoms with E-state index in [4.69, 9.17) is 27.9 Å². The third kappa shape index (κ3) is 4.75. The first-order valence-electron chi connectivity index (χ1n) is 7.56. The third-order valence-corrected chi connectivity index (χ3v) is 4.20. The minimum Gasteiger partial charge on any atom is -0.497 e. The average Bonchev–Trinajstić information content (AvgIpc) is 2.64. The van der Waals surface area contributed by atoms with Crippen LogP contribution >= 0.6 is 23.2 Å². The largest absolute Gasteiger partial charge is 0.497 e. The zero-order valence-electron chi connectivity index (χ0n) is 13.5. The Balaban J connectivity index is 1.65. The van der Waals surface area contributed by atoms with Crippen LogP contribution in [0, 0.1) is 0 Å². The average molecular weight is 375 g/mol. The van der Waals surface area contributed by atoms with Crippen LogP contribution in [-0.4, -0.2) is 17.1 Å². The Morgan fingerprint density at radius 1 is 1.00 bits per heavy atom. The molecule has 0 saturated carbocycles. The van der Waals surface area contributed by atoms with E-state index < -0.39 is 0 Å². The Kier molecular flexibility index (Phi) is 5.58. The van der Waals surface area contributed by atoms with E-state index in [1.165, 1.54) is 0 Å². The van der Waals surface area contributed by atoms with Crippen molar-refractivity contribution in [3.8, 4) is 5.75 Å². The van der Waals surface area contributed by atoms with Crippen molar-refractivity contribution in [1.82, 2.24) is 9.97 Å².